The lowest BCUT2D eigenvalue weighted by Crippen LogP contribution is -2.29. The average molecular weight is 254 g/mol. The maximum Gasteiger partial charge on any atom is 0.355 e. The first-order valence-electron chi connectivity index (χ1n) is 5.62. The number of amides is 1. The van der Waals surface area contributed by atoms with Crippen LogP contribution in [-0.2, 0) is 11.3 Å². The summed E-state index contributed by atoms with van der Waals surface area (Å²) in [7, 11) is 0. The fourth-order valence-electron chi connectivity index (χ4n) is 1.85. The Labute approximate surface area is 103 Å². The van der Waals surface area contributed by atoms with E-state index in [1.54, 1.807) is 4.90 Å². The van der Waals surface area contributed by atoms with Crippen molar-refractivity contribution in [1.29, 1.82) is 0 Å². The lowest BCUT2D eigenvalue weighted by atomic mass is 10.2. The van der Waals surface area contributed by atoms with E-state index >= 15 is 0 Å². The van der Waals surface area contributed by atoms with E-state index in [0.717, 1.165) is 25.8 Å². The van der Waals surface area contributed by atoms with Gasteiger partial charge in [0.15, 0.2) is 5.69 Å². The standard InChI is InChI=1S/C11H14N2O3S/c14-10-4-2-1-3-5-13(10)6-9-12-8(7-17-9)11(15)16/h7H,1-6H2,(H,15,16). The summed E-state index contributed by atoms with van der Waals surface area (Å²) in [4.78, 5) is 28.2. The molecule has 92 valence electrons. The van der Waals surface area contributed by atoms with Crippen LogP contribution >= 0.6 is 11.3 Å². The molecule has 1 aliphatic heterocycles. The Balaban J connectivity index is 2.03. The number of carbonyl (C=O) groups is 2. The summed E-state index contributed by atoms with van der Waals surface area (Å²) >= 11 is 1.29. The molecule has 1 aromatic rings. The molecule has 1 aliphatic rings. The third kappa shape index (κ3) is 3.03. The second-order valence-electron chi connectivity index (χ2n) is 4.06. The van der Waals surface area contributed by atoms with E-state index in [0.29, 0.717) is 18.0 Å². The van der Waals surface area contributed by atoms with Gasteiger partial charge in [0.05, 0.1) is 6.54 Å². The van der Waals surface area contributed by atoms with Crippen molar-refractivity contribution in [3.05, 3.63) is 16.1 Å². The number of hydrogen-bond donors (Lipinski definition) is 1. The lowest BCUT2D eigenvalue weighted by Gasteiger charge is -2.18. The summed E-state index contributed by atoms with van der Waals surface area (Å²) in [5.41, 5.74) is 0.0623. The molecular formula is C11H14N2O3S. The van der Waals surface area contributed by atoms with Crippen molar-refractivity contribution in [3.8, 4) is 0 Å². The summed E-state index contributed by atoms with van der Waals surface area (Å²) in [6.45, 7) is 1.19. The van der Waals surface area contributed by atoms with Gasteiger partial charge >= 0.3 is 5.97 Å². The first-order valence-corrected chi connectivity index (χ1v) is 6.50. The molecule has 0 unspecified atom stereocenters. The highest BCUT2D eigenvalue weighted by atomic mass is 32.1. The van der Waals surface area contributed by atoms with E-state index in [1.165, 1.54) is 16.7 Å². The second kappa shape index (κ2) is 5.27. The van der Waals surface area contributed by atoms with E-state index < -0.39 is 5.97 Å². The molecule has 17 heavy (non-hydrogen) atoms. The SMILES string of the molecule is O=C(O)c1csc(CN2CCCCCC2=O)n1. The normalized spacial score (nSPS) is 16.9. The summed E-state index contributed by atoms with van der Waals surface area (Å²) in [5, 5.41) is 11.0. The van der Waals surface area contributed by atoms with E-state index in [2.05, 4.69) is 4.98 Å². The van der Waals surface area contributed by atoms with Gasteiger partial charge in [0.2, 0.25) is 5.91 Å². The Morgan fingerprint density at radius 1 is 1.47 bits per heavy atom. The van der Waals surface area contributed by atoms with E-state index in [4.69, 9.17) is 5.11 Å². The van der Waals surface area contributed by atoms with Crippen molar-refractivity contribution in [1.82, 2.24) is 9.88 Å². The minimum absolute atomic E-state index is 0.0623. The first-order chi connectivity index (χ1) is 8.16. The fourth-order valence-corrected chi connectivity index (χ4v) is 2.63. The van der Waals surface area contributed by atoms with Gasteiger partial charge in [-0.2, -0.15) is 0 Å². The molecule has 0 aliphatic carbocycles. The Kier molecular flexibility index (Phi) is 3.73. The van der Waals surface area contributed by atoms with E-state index in [1.807, 2.05) is 0 Å². The molecule has 0 saturated carbocycles. The van der Waals surface area contributed by atoms with Crippen LogP contribution in [0.5, 0.6) is 0 Å². The highest BCUT2D eigenvalue weighted by molar-refractivity contribution is 7.09. The molecule has 1 saturated heterocycles. The van der Waals surface area contributed by atoms with Crippen molar-refractivity contribution in [2.75, 3.05) is 6.54 Å². The number of aromatic carboxylic acids is 1. The van der Waals surface area contributed by atoms with Gasteiger partial charge in [0.25, 0.3) is 0 Å². The topological polar surface area (TPSA) is 70.5 Å². The monoisotopic (exact) mass is 254 g/mol. The van der Waals surface area contributed by atoms with Crippen LogP contribution in [0.1, 0.15) is 41.2 Å². The zero-order valence-electron chi connectivity index (χ0n) is 9.39. The van der Waals surface area contributed by atoms with Gasteiger partial charge in [-0.15, -0.1) is 11.3 Å². The Bertz CT molecular complexity index is 430. The Hall–Kier alpha value is -1.43. The minimum atomic E-state index is -1.02. The molecule has 6 heteroatoms. The van der Waals surface area contributed by atoms with Crippen LogP contribution < -0.4 is 0 Å². The molecule has 0 bridgehead atoms. The third-order valence-corrected chi connectivity index (χ3v) is 3.60. The zero-order valence-corrected chi connectivity index (χ0v) is 10.2. The molecule has 1 fully saturated rings. The lowest BCUT2D eigenvalue weighted by molar-refractivity contribution is -0.131. The summed E-state index contributed by atoms with van der Waals surface area (Å²) in [5.74, 6) is -0.871. The van der Waals surface area contributed by atoms with Crippen LogP contribution in [0.2, 0.25) is 0 Å². The molecule has 0 spiro atoms. The van der Waals surface area contributed by atoms with Gasteiger partial charge in [0.1, 0.15) is 5.01 Å². The van der Waals surface area contributed by atoms with E-state index in [-0.39, 0.29) is 11.6 Å². The van der Waals surface area contributed by atoms with Gasteiger partial charge in [-0.1, -0.05) is 6.42 Å². The Morgan fingerprint density at radius 3 is 3.00 bits per heavy atom. The minimum Gasteiger partial charge on any atom is -0.476 e. The maximum atomic E-state index is 11.7. The van der Waals surface area contributed by atoms with Crippen LogP contribution in [-0.4, -0.2) is 33.4 Å². The highest BCUT2D eigenvalue weighted by Gasteiger charge is 2.18. The summed E-state index contributed by atoms with van der Waals surface area (Å²) < 4.78 is 0. The number of thiazole rings is 1. The molecule has 0 atom stereocenters. The van der Waals surface area contributed by atoms with Crippen molar-refractivity contribution in [2.45, 2.75) is 32.2 Å². The number of carboxylic acid groups (broad SMARTS) is 1. The van der Waals surface area contributed by atoms with Crippen molar-refractivity contribution in [2.24, 2.45) is 0 Å². The zero-order chi connectivity index (χ0) is 12.3. The van der Waals surface area contributed by atoms with Crippen LogP contribution in [0.3, 0.4) is 0 Å². The molecule has 1 N–H and O–H groups in total. The van der Waals surface area contributed by atoms with Crippen LogP contribution in [0, 0.1) is 0 Å². The molecular weight excluding hydrogens is 240 g/mol. The van der Waals surface area contributed by atoms with Crippen molar-refractivity contribution in [3.63, 3.8) is 0 Å². The summed E-state index contributed by atoms with van der Waals surface area (Å²) in [6, 6.07) is 0. The molecule has 5 nitrogen and oxygen atoms in total. The highest BCUT2D eigenvalue weighted by Crippen LogP contribution is 2.17. The van der Waals surface area contributed by atoms with Gasteiger partial charge in [-0.05, 0) is 12.8 Å². The molecule has 1 amide bonds. The van der Waals surface area contributed by atoms with Gasteiger partial charge in [-0.25, -0.2) is 9.78 Å². The predicted octanol–water partition coefficient (Wildman–Crippen LogP) is 1.74. The summed E-state index contributed by atoms with van der Waals surface area (Å²) in [6.07, 6.45) is 3.65. The first kappa shape index (κ1) is 12.0. The number of rotatable bonds is 3. The number of aromatic nitrogens is 1. The van der Waals surface area contributed by atoms with Gasteiger partial charge in [0, 0.05) is 18.3 Å². The molecule has 0 radical (unpaired) electrons. The van der Waals surface area contributed by atoms with Gasteiger partial charge in [-0.3, -0.25) is 4.79 Å². The maximum absolute atomic E-state index is 11.7. The van der Waals surface area contributed by atoms with Crippen molar-refractivity contribution < 1.29 is 14.7 Å². The number of nitrogens with zero attached hydrogens (tertiary/aromatic N) is 2. The second-order valence-corrected chi connectivity index (χ2v) is 5.00. The molecule has 1 aromatic heterocycles. The largest absolute Gasteiger partial charge is 0.476 e. The van der Waals surface area contributed by atoms with Crippen LogP contribution in [0.25, 0.3) is 0 Å². The number of hydrogen-bond acceptors (Lipinski definition) is 4. The average Bonchev–Trinajstić information content (AvgIpc) is 2.66. The smallest absolute Gasteiger partial charge is 0.355 e. The number of likely N-dealkylation sites (tertiary alicyclic amines) is 1. The third-order valence-electron chi connectivity index (χ3n) is 2.77. The molecule has 2 heterocycles. The predicted molar refractivity (Wildman–Crippen MR) is 63.0 cm³/mol. The fraction of sp³-hybridized carbons (Fsp3) is 0.545. The Morgan fingerprint density at radius 2 is 2.29 bits per heavy atom. The van der Waals surface area contributed by atoms with Crippen molar-refractivity contribution >= 4 is 23.2 Å². The number of carbonyl (C=O) groups excluding carboxylic acids is 1. The van der Waals surface area contributed by atoms with Crippen LogP contribution in [0.4, 0.5) is 0 Å². The molecule has 2 rings (SSSR count). The van der Waals surface area contributed by atoms with Gasteiger partial charge < -0.3 is 10.0 Å². The number of carboxylic acids is 1. The molecule has 0 aromatic carbocycles. The quantitative estimate of drug-likeness (QED) is 0.892. The van der Waals surface area contributed by atoms with E-state index in [9.17, 15) is 9.59 Å². The van der Waals surface area contributed by atoms with Crippen LogP contribution in [0.15, 0.2) is 5.38 Å².